The predicted octanol–water partition coefficient (Wildman–Crippen LogP) is 4.68. The standard InChI is InChI=1S/C23H21ClO5/c1-27-20-9-5-3-6-15(20)18-13-28-21-12-14(10-11-17(21)22(18)25)29-23(26)16-7-2-4-8-19(16)24/h2-9,13-14,17,21H,10-12H2,1H3. The van der Waals surface area contributed by atoms with Crippen LogP contribution in [0.2, 0.25) is 5.02 Å². The van der Waals surface area contributed by atoms with Crippen LogP contribution in [0.25, 0.3) is 5.57 Å². The van der Waals surface area contributed by atoms with Crippen LogP contribution in [0.5, 0.6) is 5.75 Å². The van der Waals surface area contributed by atoms with Crippen molar-refractivity contribution in [2.75, 3.05) is 7.11 Å². The van der Waals surface area contributed by atoms with Crippen LogP contribution in [-0.2, 0) is 14.3 Å². The van der Waals surface area contributed by atoms with Crippen molar-refractivity contribution in [3.05, 3.63) is 70.9 Å². The van der Waals surface area contributed by atoms with Gasteiger partial charge in [0.05, 0.1) is 35.4 Å². The number of allylic oxidation sites excluding steroid dienone is 1. The lowest BCUT2D eigenvalue weighted by Crippen LogP contribution is -2.42. The number of hydrogen-bond acceptors (Lipinski definition) is 5. The van der Waals surface area contributed by atoms with Crippen LogP contribution in [0.3, 0.4) is 0 Å². The van der Waals surface area contributed by atoms with E-state index in [1.54, 1.807) is 31.4 Å². The maximum absolute atomic E-state index is 13.1. The first kappa shape index (κ1) is 19.5. The molecule has 0 bridgehead atoms. The molecule has 4 rings (SSSR count). The second-order valence-corrected chi connectivity index (χ2v) is 7.60. The van der Waals surface area contributed by atoms with Crippen molar-refractivity contribution < 1.29 is 23.8 Å². The maximum atomic E-state index is 13.1. The van der Waals surface area contributed by atoms with E-state index in [1.165, 1.54) is 6.26 Å². The zero-order valence-electron chi connectivity index (χ0n) is 16.0. The molecule has 1 saturated carbocycles. The molecule has 1 heterocycles. The molecule has 0 aromatic heterocycles. The number of carbonyl (C=O) groups is 2. The first-order valence-electron chi connectivity index (χ1n) is 9.57. The van der Waals surface area contributed by atoms with Crippen LogP contribution in [-0.4, -0.2) is 31.1 Å². The fourth-order valence-electron chi connectivity index (χ4n) is 3.97. The summed E-state index contributed by atoms with van der Waals surface area (Å²) in [6.07, 6.45) is 2.57. The number of rotatable bonds is 4. The summed E-state index contributed by atoms with van der Waals surface area (Å²) >= 11 is 6.08. The van der Waals surface area contributed by atoms with Crippen LogP contribution < -0.4 is 4.74 Å². The predicted molar refractivity (Wildman–Crippen MR) is 109 cm³/mol. The van der Waals surface area contributed by atoms with Gasteiger partial charge in [-0.25, -0.2) is 4.79 Å². The average molecular weight is 413 g/mol. The van der Waals surface area contributed by atoms with Gasteiger partial charge in [-0.2, -0.15) is 0 Å². The maximum Gasteiger partial charge on any atom is 0.339 e. The van der Waals surface area contributed by atoms with Gasteiger partial charge in [-0.3, -0.25) is 4.79 Å². The highest BCUT2D eigenvalue weighted by Gasteiger charge is 2.42. The quantitative estimate of drug-likeness (QED) is 0.682. The summed E-state index contributed by atoms with van der Waals surface area (Å²) in [6.45, 7) is 0. The Hall–Kier alpha value is -2.79. The molecule has 2 aromatic rings. The van der Waals surface area contributed by atoms with E-state index in [-0.39, 0.29) is 23.9 Å². The van der Waals surface area contributed by atoms with Gasteiger partial charge in [0, 0.05) is 12.0 Å². The van der Waals surface area contributed by atoms with Gasteiger partial charge >= 0.3 is 5.97 Å². The molecule has 0 N–H and O–H groups in total. The number of hydrogen-bond donors (Lipinski definition) is 0. The zero-order valence-corrected chi connectivity index (χ0v) is 16.7. The van der Waals surface area contributed by atoms with Crippen molar-refractivity contribution in [2.45, 2.75) is 31.5 Å². The molecule has 0 amide bonds. The van der Waals surface area contributed by atoms with Crippen LogP contribution in [0.4, 0.5) is 0 Å². The van der Waals surface area contributed by atoms with Crippen molar-refractivity contribution in [2.24, 2.45) is 5.92 Å². The van der Waals surface area contributed by atoms with Crippen molar-refractivity contribution in [1.82, 2.24) is 0 Å². The van der Waals surface area contributed by atoms with Crippen LogP contribution >= 0.6 is 11.6 Å². The molecule has 3 unspecified atom stereocenters. The number of fused-ring (bicyclic) bond motifs is 1. The molecule has 0 radical (unpaired) electrons. The number of ether oxygens (including phenoxy) is 3. The van der Waals surface area contributed by atoms with E-state index in [4.69, 9.17) is 25.8 Å². The summed E-state index contributed by atoms with van der Waals surface area (Å²) in [6, 6.07) is 14.2. The first-order valence-corrected chi connectivity index (χ1v) is 9.95. The molecule has 6 heteroatoms. The smallest absolute Gasteiger partial charge is 0.339 e. The Labute approximate surface area is 174 Å². The SMILES string of the molecule is COc1ccccc1C1=COC2CC(OC(=O)c3ccccc3Cl)CCC2C1=O. The van der Waals surface area contributed by atoms with Gasteiger partial charge in [-0.05, 0) is 31.0 Å². The number of methoxy groups -OCH3 is 1. The van der Waals surface area contributed by atoms with Gasteiger partial charge in [0.1, 0.15) is 18.0 Å². The second kappa shape index (κ2) is 8.29. The highest BCUT2D eigenvalue weighted by atomic mass is 35.5. The summed E-state index contributed by atoms with van der Waals surface area (Å²) in [7, 11) is 1.58. The van der Waals surface area contributed by atoms with E-state index in [0.717, 1.165) is 5.56 Å². The topological polar surface area (TPSA) is 61.8 Å². The normalized spacial score (nSPS) is 23.4. The molecule has 3 atom stereocenters. The summed E-state index contributed by atoms with van der Waals surface area (Å²) in [5.41, 5.74) is 1.59. The summed E-state index contributed by atoms with van der Waals surface area (Å²) in [4.78, 5) is 25.5. The fraction of sp³-hybridized carbons (Fsp3) is 0.304. The Morgan fingerprint density at radius 1 is 1.10 bits per heavy atom. The van der Waals surface area contributed by atoms with E-state index >= 15 is 0 Å². The highest BCUT2D eigenvalue weighted by molar-refractivity contribution is 6.33. The molecule has 1 aliphatic carbocycles. The molecule has 1 aliphatic heterocycles. The Morgan fingerprint density at radius 3 is 2.66 bits per heavy atom. The minimum absolute atomic E-state index is 0.0432. The van der Waals surface area contributed by atoms with Gasteiger partial charge in [0.2, 0.25) is 0 Å². The zero-order chi connectivity index (χ0) is 20.4. The number of Topliss-reactive ketones (excluding diaryl/α,β-unsaturated/α-hetero) is 1. The molecule has 0 spiro atoms. The number of para-hydroxylation sites is 1. The lowest BCUT2D eigenvalue weighted by molar-refractivity contribution is -0.126. The summed E-state index contributed by atoms with van der Waals surface area (Å²) < 4.78 is 16.9. The minimum Gasteiger partial charge on any atom is -0.496 e. The van der Waals surface area contributed by atoms with Crippen LogP contribution in [0, 0.1) is 5.92 Å². The third-order valence-corrected chi connectivity index (χ3v) is 5.80. The number of ketones is 1. The monoisotopic (exact) mass is 412 g/mol. The van der Waals surface area contributed by atoms with Crippen LogP contribution in [0.15, 0.2) is 54.8 Å². The largest absolute Gasteiger partial charge is 0.496 e. The lowest BCUT2D eigenvalue weighted by atomic mass is 9.77. The fourth-order valence-corrected chi connectivity index (χ4v) is 4.18. The molecule has 2 aromatic carbocycles. The molecule has 29 heavy (non-hydrogen) atoms. The Kier molecular flexibility index (Phi) is 5.58. The van der Waals surface area contributed by atoms with Gasteiger partial charge in [0.25, 0.3) is 0 Å². The Bertz CT molecular complexity index is 967. The van der Waals surface area contributed by atoms with E-state index in [9.17, 15) is 9.59 Å². The van der Waals surface area contributed by atoms with Gasteiger partial charge in [0.15, 0.2) is 5.78 Å². The van der Waals surface area contributed by atoms with Crippen molar-refractivity contribution in [1.29, 1.82) is 0 Å². The van der Waals surface area contributed by atoms with Gasteiger partial charge in [-0.15, -0.1) is 0 Å². The minimum atomic E-state index is -0.452. The van der Waals surface area contributed by atoms with Crippen molar-refractivity contribution >= 4 is 28.9 Å². The molecular formula is C23H21ClO5. The van der Waals surface area contributed by atoms with Gasteiger partial charge < -0.3 is 14.2 Å². The molecule has 2 aliphatic rings. The van der Waals surface area contributed by atoms with Crippen molar-refractivity contribution in [3.8, 4) is 5.75 Å². The molecule has 1 fully saturated rings. The molecule has 0 saturated heterocycles. The third-order valence-electron chi connectivity index (χ3n) is 5.47. The second-order valence-electron chi connectivity index (χ2n) is 7.20. The molecule has 150 valence electrons. The average Bonchev–Trinajstić information content (AvgIpc) is 2.74. The molecular weight excluding hydrogens is 392 g/mol. The first-order chi connectivity index (χ1) is 14.1. The third kappa shape index (κ3) is 3.87. The number of carbonyl (C=O) groups excluding carboxylic acids is 2. The number of esters is 1. The number of halogens is 1. The summed E-state index contributed by atoms with van der Waals surface area (Å²) in [5, 5.41) is 0.361. The van der Waals surface area contributed by atoms with E-state index < -0.39 is 5.97 Å². The van der Waals surface area contributed by atoms with E-state index in [2.05, 4.69) is 0 Å². The van der Waals surface area contributed by atoms with E-state index in [1.807, 2.05) is 24.3 Å². The summed E-state index contributed by atoms with van der Waals surface area (Å²) in [5.74, 6) is -0.0280. The van der Waals surface area contributed by atoms with Crippen LogP contribution in [0.1, 0.15) is 35.2 Å². The van der Waals surface area contributed by atoms with Crippen molar-refractivity contribution in [3.63, 3.8) is 0 Å². The Morgan fingerprint density at radius 2 is 1.86 bits per heavy atom. The molecule has 5 nitrogen and oxygen atoms in total. The number of benzene rings is 2. The highest BCUT2D eigenvalue weighted by Crippen LogP contribution is 2.39. The van der Waals surface area contributed by atoms with Gasteiger partial charge in [-0.1, -0.05) is 41.9 Å². The lowest BCUT2D eigenvalue weighted by Gasteiger charge is -2.37. The Balaban J connectivity index is 1.47. The van der Waals surface area contributed by atoms with E-state index in [0.29, 0.717) is 41.2 Å².